The average Bonchev–Trinajstić information content (AvgIpc) is 2.92. The molecule has 2 heterocycles. The van der Waals surface area contributed by atoms with E-state index in [1.165, 1.54) is 6.07 Å². The van der Waals surface area contributed by atoms with Crippen LogP contribution in [0.25, 0.3) is 33.1 Å². The summed E-state index contributed by atoms with van der Waals surface area (Å²) in [4.78, 5) is 27.8. The van der Waals surface area contributed by atoms with Crippen molar-refractivity contribution in [2.75, 3.05) is 53.7 Å². The lowest BCUT2D eigenvalue weighted by atomic mass is 9.99. The Kier molecular flexibility index (Phi) is 9.27. The van der Waals surface area contributed by atoms with Crippen LogP contribution >= 0.6 is 0 Å². The molecule has 0 spiro atoms. The Hall–Kier alpha value is -3.54. The highest BCUT2D eigenvalue weighted by molar-refractivity contribution is 5.97. The van der Waals surface area contributed by atoms with Crippen LogP contribution in [-0.2, 0) is 16.0 Å². The van der Waals surface area contributed by atoms with Crippen LogP contribution in [0, 0.1) is 0 Å². The zero-order valence-electron chi connectivity index (χ0n) is 21.3. The molecule has 2 aromatic heterocycles. The molecular formula is C28H31NO9. The summed E-state index contributed by atoms with van der Waals surface area (Å²) < 4.78 is 27.6. The monoisotopic (exact) mass is 525 g/mol. The topological polar surface area (TPSA) is 132 Å². The van der Waals surface area contributed by atoms with E-state index in [2.05, 4.69) is 0 Å². The van der Waals surface area contributed by atoms with Gasteiger partial charge in [0.25, 0.3) is 0 Å². The van der Waals surface area contributed by atoms with Crippen molar-refractivity contribution in [3.05, 3.63) is 74.9 Å². The standard InChI is InChI=1S/C28H31NO9/c1-34-11-9-29(10-12-35-2)15-23-25(36-17-19(31)16-30)8-7-20-21(14-26(32)38-27(20)23)22-13-18-5-3-4-6-24(18)37-28(22)33/h3-8,13-14,19,30-31H,9-12,15-17H2,1-2H3. The van der Waals surface area contributed by atoms with Gasteiger partial charge in [0.1, 0.15) is 29.6 Å². The Balaban J connectivity index is 1.89. The molecule has 10 nitrogen and oxygen atoms in total. The van der Waals surface area contributed by atoms with Crippen molar-refractivity contribution in [3.8, 4) is 16.9 Å². The number of hydrogen-bond donors (Lipinski definition) is 2. The predicted molar refractivity (Wildman–Crippen MR) is 142 cm³/mol. The van der Waals surface area contributed by atoms with Crippen LogP contribution in [0.3, 0.4) is 0 Å². The molecule has 202 valence electrons. The summed E-state index contributed by atoms with van der Waals surface area (Å²) in [6.45, 7) is 1.72. The summed E-state index contributed by atoms with van der Waals surface area (Å²) in [5.41, 5.74) is 0.616. The van der Waals surface area contributed by atoms with Gasteiger partial charge in [0.05, 0.1) is 30.9 Å². The molecule has 0 saturated heterocycles. The highest BCUT2D eigenvalue weighted by atomic mass is 16.5. The number of aliphatic hydroxyl groups excluding tert-OH is 2. The zero-order valence-corrected chi connectivity index (χ0v) is 21.3. The third-order valence-electron chi connectivity index (χ3n) is 6.15. The fourth-order valence-corrected chi connectivity index (χ4v) is 4.19. The Morgan fingerprint density at radius 2 is 1.68 bits per heavy atom. The molecule has 1 atom stereocenters. The molecule has 4 rings (SSSR count). The second-order valence-electron chi connectivity index (χ2n) is 8.79. The average molecular weight is 526 g/mol. The maximum atomic E-state index is 13.0. The van der Waals surface area contributed by atoms with E-state index in [1.807, 2.05) is 17.0 Å². The van der Waals surface area contributed by atoms with Crippen molar-refractivity contribution in [3.63, 3.8) is 0 Å². The zero-order chi connectivity index (χ0) is 27.1. The van der Waals surface area contributed by atoms with E-state index in [9.17, 15) is 19.8 Å². The second kappa shape index (κ2) is 12.8. The first-order valence-corrected chi connectivity index (χ1v) is 12.2. The van der Waals surface area contributed by atoms with Gasteiger partial charge >= 0.3 is 11.3 Å². The number of fused-ring (bicyclic) bond motifs is 2. The number of para-hydroxylation sites is 1. The summed E-state index contributed by atoms with van der Waals surface area (Å²) in [7, 11) is 3.22. The van der Waals surface area contributed by atoms with E-state index in [1.54, 1.807) is 44.6 Å². The van der Waals surface area contributed by atoms with Crippen molar-refractivity contribution in [1.82, 2.24) is 4.90 Å². The second-order valence-corrected chi connectivity index (χ2v) is 8.79. The summed E-state index contributed by atoms with van der Waals surface area (Å²) >= 11 is 0. The molecule has 1 unspecified atom stereocenters. The van der Waals surface area contributed by atoms with Gasteiger partial charge in [-0.15, -0.1) is 0 Å². The van der Waals surface area contributed by atoms with Crippen LogP contribution in [-0.4, -0.2) is 75.0 Å². The predicted octanol–water partition coefficient (Wildman–Crippen LogP) is 2.39. The Morgan fingerprint density at radius 3 is 2.39 bits per heavy atom. The normalized spacial score (nSPS) is 12.4. The van der Waals surface area contributed by atoms with Crippen LogP contribution in [0.15, 0.2) is 67.0 Å². The van der Waals surface area contributed by atoms with Crippen molar-refractivity contribution in [2.45, 2.75) is 12.6 Å². The van der Waals surface area contributed by atoms with E-state index in [4.69, 9.17) is 23.0 Å². The summed E-state index contributed by atoms with van der Waals surface area (Å²) in [6.07, 6.45) is -1.09. The van der Waals surface area contributed by atoms with Crippen LogP contribution in [0.2, 0.25) is 0 Å². The molecule has 0 bridgehead atoms. The van der Waals surface area contributed by atoms with Crippen LogP contribution in [0.1, 0.15) is 5.56 Å². The van der Waals surface area contributed by atoms with Crippen LogP contribution in [0.4, 0.5) is 0 Å². The summed E-state index contributed by atoms with van der Waals surface area (Å²) in [6, 6.07) is 13.5. The Bertz CT molecular complexity index is 1490. The van der Waals surface area contributed by atoms with Gasteiger partial charge in [-0.3, -0.25) is 4.90 Å². The maximum absolute atomic E-state index is 13.0. The molecule has 0 fully saturated rings. The summed E-state index contributed by atoms with van der Waals surface area (Å²) in [5, 5.41) is 20.3. The first-order chi connectivity index (χ1) is 18.4. The molecule has 2 N–H and O–H groups in total. The largest absolute Gasteiger partial charge is 0.490 e. The van der Waals surface area contributed by atoms with E-state index in [0.717, 1.165) is 0 Å². The minimum absolute atomic E-state index is 0.163. The lowest BCUT2D eigenvalue weighted by Gasteiger charge is -2.24. The number of methoxy groups -OCH3 is 2. The smallest absolute Gasteiger partial charge is 0.344 e. The van der Waals surface area contributed by atoms with Gasteiger partial charge in [-0.25, -0.2) is 9.59 Å². The third kappa shape index (κ3) is 6.29. The van der Waals surface area contributed by atoms with Gasteiger partial charge in [0.15, 0.2) is 0 Å². The molecule has 0 radical (unpaired) electrons. The van der Waals surface area contributed by atoms with Crippen LogP contribution < -0.4 is 16.0 Å². The lowest BCUT2D eigenvalue weighted by Crippen LogP contribution is -2.31. The molecule has 0 aliphatic carbocycles. The molecule has 2 aromatic carbocycles. The summed E-state index contributed by atoms with van der Waals surface area (Å²) in [5.74, 6) is 0.371. The van der Waals surface area contributed by atoms with E-state index >= 15 is 0 Å². The van der Waals surface area contributed by atoms with Crippen molar-refractivity contribution >= 4 is 21.9 Å². The third-order valence-corrected chi connectivity index (χ3v) is 6.15. The van der Waals surface area contributed by atoms with E-state index < -0.39 is 24.0 Å². The van der Waals surface area contributed by atoms with Crippen molar-refractivity contribution < 1.29 is 33.3 Å². The Labute approximate surface area is 218 Å². The van der Waals surface area contributed by atoms with Crippen molar-refractivity contribution in [2.24, 2.45) is 0 Å². The van der Waals surface area contributed by atoms with Gasteiger partial charge in [-0.2, -0.15) is 0 Å². The molecule has 10 heteroatoms. The number of aliphatic hydroxyl groups is 2. The number of benzene rings is 2. The maximum Gasteiger partial charge on any atom is 0.344 e. The van der Waals surface area contributed by atoms with Gasteiger partial charge in [0, 0.05) is 56.3 Å². The van der Waals surface area contributed by atoms with E-state index in [-0.39, 0.29) is 17.8 Å². The highest BCUT2D eigenvalue weighted by Gasteiger charge is 2.21. The van der Waals surface area contributed by atoms with E-state index in [0.29, 0.717) is 66.1 Å². The minimum Gasteiger partial charge on any atom is -0.490 e. The number of rotatable bonds is 13. The van der Waals surface area contributed by atoms with Gasteiger partial charge < -0.3 is 33.3 Å². The van der Waals surface area contributed by atoms with Gasteiger partial charge in [-0.1, -0.05) is 18.2 Å². The molecule has 0 aliphatic rings. The molecule has 38 heavy (non-hydrogen) atoms. The van der Waals surface area contributed by atoms with Gasteiger partial charge in [0.2, 0.25) is 0 Å². The Morgan fingerprint density at radius 1 is 0.947 bits per heavy atom. The van der Waals surface area contributed by atoms with Crippen LogP contribution in [0.5, 0.6) is 5.75 Å². The quantitative estimate of drug-likeness (QED) is 0.251. The number of ether oxygens (including phenoxy) is 3. The lowest BCUT2D eigenvalue weighted by molar-refractivity contribution is 0.0528. The molecular weight excluding hydrogens is 494 g/mol. The number of hydrogen-bond acceptors (Lipinski definition) is 10. The highest BCUT2D eigenvalue weighted by Crippen LogP contribution is 2.34. The number of nitrogens with zero attached hydrogens (tertiary/aromatic N) is 1. The minimum atomic E-state index is -1.09. The molecule has 4 aromatic rings. The molecule has 0 saturated carbocycles. The van der Waals surface area contributed by atoms with Crippen molar-refractivity contribution in [1.29, 1.82) is 0 Å². The fourth-order valence-electron chi connectivity index (χ4n) is 4.19. The van der Waals surface area contributed by atoms with Gasteiger partial charge in [-0.05, 0) is 24.3 Å². The molecule has 0 amide bonds. The first kappa shape index (κ1) is 27.5. The SMILES string of the molecule is COCCN(CCOC)Cc1c(OCC(O)CO)ccc2c(-c3cc4ccccc4oc3=O)cc(=O)oc12. The molecule has 0 aliphatic heterocycles. The fraction of sp³-hybridized carbons (Fsp3) is 0.357. The first-order valence-electron chi connectivity index (χ1n) is 12.2.